The van der Waals surface area contributed by atoms with Crippen LogP contribution in [0.1, 0.15) is 45.4 Å². The van der Waals surface area contributed by atoms with E-state index >= 15 is 0 Å². The van der Waals surface area contributed by atoms with Gasteiger partial charge in [0.15, 0.2) is 0 Å². The molecule has 0 aromatic heterocycles. The minimum atomic E-state index is 0.780. The summed E-state index contributed by atoms with van der Waals surface area (Å²) in [6.45, 7) is 3.59. The van der Waals surface area contributed by atoms with Crippen molar-refractivity contribution in [2.24, 2.45) is 11.8 Å². The zero-order valence-corrected chi connectivity index (χ0v) is 8.18. The first-order chi connectivity index (χ1) is 5.84. The maximum absolute atomic E-state index is 3.58. The van der Waals surface area contributed by atoms with Gasteiger partial charge in [0.05, 0.1) is 0 Å². The van der Waals surface area contributed by atoms with E-state index in [9.17, 15) is 0 Å². The van der Waals surface area contributed by atoms with Crippen LogP contribution in [0, 0.1) is 11.8 Å². The van der Waals surface area contributed by atoms with Crippen LogP contribution in [0.2, 0.25) is 0 Å². The highest BCUT2D eigenvalue weighted by molar-refractivity contribution is 4.78. The van der Waals surface area contributed by atoms with Gasteiger partial charge in [0.1, 0.15) is 0 Å². The summed E-state index contributed by atoms with van der Waals surface area (Å²) >= 11 is 0. The topological polar surface area (TPSA) is 12.0 Å². The third kappa shape index (κ3) is 2.48. The first-order valence-electron chi connectivity index (χ1n) is 5.58. The Labute approximate surface area is 75.9 Å². The monoisotopic (exact) mass is 167 g/mol. The van der Waals surface area contributed by atoms with Crippen LogP contribution in [0.15, 0.2) is 0 Å². The average Bonchev–Trinajstić information content (AvgIpc) is 2.87. The summed E-state index contributed by atoms with van der Waals surface area (Å²) in [5, 5.41) is 3.58. The van der Waals surface area contributed by atoms with E-state index in [2.05, 4.69) is 12.2 Å². The predicted octanol–water partition coefficient (Wildman–Crippen LogP) is 2.56. The average molecular weight is 167 g/mol. The van der Waals surface area contributed by atoms with E-state index in [0.29, 0.717) is 0 Å². The molecule has 0 spiro atoms. The van der Waals surface area contributed by atoms with E-state index in [0.717, 1.165) is 17.9 Å². The van der Waals surface area contributed by atoms with Gasteiger partial charge in [0.2, 0.25) is 0 Å². The highest BCUT2D eigenvalue weighted by Crippen LogP contribution is 2.35. The molecule has 0 radical (unpaired) electrons. The SMILES string of the molecule is CC1CCC(CCC2CC2)CN1. The number of piperidine rings is 1. The molecule has 12 heavy (non-hydrogen) atoms. The van der Waals surface area contributed by atoms with Gasteiger partial charge in [-0.05, 0) is 44.6 Å². The van der Waals surface area contributed by atoms with Crippen molar-refractivity contribution in [3.05, 3.63) is 0 Å². The molecule has 1 aliphatic heterocycles. The van der Waals surface area contributed by atoms with Crippen LogP contribution < -0.4 is 5.32 Å². The molecule has 1 nitrogen and oxygen atoms in total. The molecule has 2 atom stereocenters. The van der Waals surface area contributed by atoms with Crippen molar-refractivity contribution in [2.75, 3.05) is 6.54 Å². The van der Waals surface area contributed by atoms with E-state index in [4.69, 9.17) is 0 Å². The number of rotatable bonds is 3. The first-order valence-corrected chi connectivity index (χ1v) is 5.58. The molecule has 2 fully saturated rings. The molecule has 1 heteroatoms. The second-order valence-electron chi connectivity index (χ2n) is 4.77. The van der Waals surface area contributed by atoms with E-state index in [1.54, 1.807) is 0 Å². The largest absolute Gasteiger partial charge is 0.314 e. The van der Waals surface area contributed by atoms with Gasteiger partial charge in [-0.3, -0.25) is 0 Å². The second-order valence-corrected chi connectivity index (χ2v) is 4.77. The molecule has 0 aromatic rings. The molecular formula is C11H21N. The maximum atomic E-state index is 3.58. The Balaban J connectivity index is 1.60. The van der Waals surface area contributed by atoms with Gasteiger partial charge in [-0.1, -0.05) is 19.3 Å². The van der Waals surface area contributed by atoms with Gasteiger partial charge in [-0.15, -0.1) is 0 Å². The molecule has 1 N–H and O–H groups in total. The number of nitrogens with one attached hydrogen (secondary N) is 1. The van der Waals surface area contributed by atoms with Gasteiger partial charge >= 0.3 is 0 Å². The van der Waals surface area contributed by atoms with Crippen LogP contribution in [-0.2, 0) is 0 Å². The fraction of sp³-hybridized carbons (Fsp3) is 1.00. The number of hydrogen-bond acceptors (Lipinski definition) is 1. The lowest BCUT2D eigenvalue weighted by Crippen LogP contribution is -2.36. The summed E-state index contributed by atoms with van der Waals surface area (Å²) < 4.78 is 0. The maximum Gasteiger partial charge on any atom is 0.00389 e. The van der Waals surface area contributed by atoms with Crippen LogP contribution >= 0.6 is 0 Å². The summed E-state index contributed by atoms with van der Waals surface area (Å²) in [5.74, 6) is 2.13. The van der Waals surface area contributed by atoms with E-state index in [1.807, 2.05) is 0 Å². The van der Waals surface area contributed by atoms with Crippen molar-refractivity contribution in [1.82, 2.24) is 5.32 Å². The first kappa shape index (κ1) is 8.55. The summed E-state index contributed by atoms with van der Waals surface area (Å²) in [4.78, 5) is 0. The summed E-state index contributed by atoms with van der Waals surface area (Å²) in [7, 11) is 0. The summed E-state index contributed by atoms with van der Waals surface area (Å²) in [6, 6.07) is 0.780. The van der Waals surface area contributed by atoms with Crippen LogP contribution in [-0.4, -0.2) is 12.6 Å². The van der Waals surface area contributed by atoms with E-state index in [1.165, 1.54) is 45.1 Å². The quantitative estimate of drug-likeness (QED) is 0.681. The van der Waals surface area contributed by atoms with Gasteiger partial charge < -0.3 is 5.32 Å². The molecule has 2 unspecified atom stereocenters. The molecule has 70 valence electrons. The van der Waals surface area contributed by atoms with Crippen LogP contribution in [0.4, 0.5) is 0 Å². The lowest BCUT2D eigenvalue weighted by molar-refractivity contribution is 0.300. The van der Waals surface area contributed by atoms with Gasteiger partial charge in [-0.25, -0.2) is 0 Å². The summed E-state index contributed by atoms with van der Waals surface area (Å²) in [6.07, 6.45) is 8.93. The minimum Gasteiger partial charge on any atom is -0.314 e. The van der Waals surface area contributed by atoms with Gasteiger partial charge in [0.25, 0.3) is 0 Å². The molecular weight excluding hydrogens is 146 g/mol. The molecule has 0 bridgehead atoms. The minimum absolute atomic E-state index is 0.780. The lowest BCUT2D eigenvalue weighted by atomic mass is 9.91. The highest BCUT2D eigenvalue weighted by Gasteiger charge is 2.24. The molecule has 1 aliphatic carbocycles. The highest BCUT2D eigenvalue weighted by atomic mass is 14.9. The van der Waals surface area contributed by atoms with Crippen molar-refractivity contribution in [3.8, 4) is 0 Å². The Morgan fingerprint density at radius 3 is 2.25 bits per heavy atom. The van der Waals surface area contributed by atoms with E-state index < -0.39 is 0 Å². The second kappa shape index (κ2) is 3.78. The van der Waals surface area contributed by atoms with E-state index in [-0.39, 0.29) is 0 Å². The van der Waals surface area contributed by atoms with Gasteiger partial charge in [-0.2, -0.15) is 0 Å². The Kier molecular flexibility index (Phi) is 2.69. The van der Waals surface area contributed by atoms with Crippen LogP contribution in [0.3, 0.4) is 0 Å². The predicted molar refractivity (Wildman–Crippen MR) is 52.1 cm³/mol. The fourth-order valence-electron chi connectivity index (χ4n) is 2.18. The number of hydrogen-bond donors (Lipinski definition) is 1. The van der Waals surface area contributed by atoms with Crippen LogP contribution in [0.25, 0.3) is 0 Å². The molecule has 2 rings (SSSR count). The smallest absolute Gasteiger partial charge is 0.00389 e. The Hall–Kier alpha value is -0.0400. The van der Waals surface area contributed by atoms with Crippen molar-refractivity contribution in [3.63, 3.8) is 0 Å². The fourth-order valence-corrected chi connectivity index (χ4v) is 2.18. The molecule has 2 aliphatic rings. The van der Waals surface area contributed by atoms with Crippen molar-refractivity contribution in [1.29, 1.82) is 0 Å². The third-order valence-electron chi connectivity index (χ3n) is 3.44. The molecule has 1 saturated heterocycles. The van der Waals surface area contributed by atoms with Crippen molar-refractivity contribution < 1.29 is 0 Å². The molecule has 0 amide bonds. The third-order valence-corrected chi connectivity index (χ3v) is 3.44. The van der Waals surface area contributed by atoms with Crippen molar-refractivity contribution in [2.45, 2.75) is 51.5 Å². The van der Waals surface area contributed by atoms with Gasteiger partial charge in [0, 0.05) is 6.04 Å². The Bertz CT molecular complexity index is 132. The lowest BCUT2D eigenvalue weighted by Gasteiger charge is -2.27. The molecule has 1 heterocycles. The normalized spacial score (nSPS) is 36.8. The Morgan fingerprint density at radius 2 is 1.67 bits per heavy atom. The standard InChI is InChI=1S/C11H21N/c1-9-2-3-11(8-12-9)7-6-10-4-5-10/h9-12H,2-8H2,1H3. The zero-order valence-electron chi connectivity index (χ0n) is 8.18. The zero-order chi connectivity index (χ0) is 8.39. The Morgan fingerprint density at radius 1 is 1.00 bits per heavy atom. The molecule has 0 aromatic carbocycles. The molecule has 1 saturated carbocycles. The van der Waals surface area contributed by atoms with Crippen molar-refractivity contribution >= 4 is 0 Å². The van der Waals surface area contributed by atoms with Crippen LogP contribution in [0.5, 0.6) is 0 Å². The summed E-state index contributed by atoms with van der Waals surface area (Å²) in [5.41, 5.74) is 0.